The molecule has 164 valence electrons. The standard InChI is InChI=1S/C26H25FN2O3/c27-21-12-10-20(11-13-21)26(14-16-32-17-15-26)28-18-24(30)29-23-9-5-4-8-22(23)25(31)19-6-2-1-3-7-19/h1-13,28H,14-18H2,(H,29,30). The van der Waals surface area contributed by atoms with E-state index in [9.17, 15) is 14.0 Å². The van der Waals surface area contributed by atoms with Gasteiger partial charge in [-0.3, -0.25) is 14.9 Å². The summed E-state index contributed by atoms with van der Waals surface area (Å²) in [5, 5.41) is 6.24. The number of nitrogens with one attached hydrogen (secondary N) is 2. The quantitative estimate of drug-likeness (QED) is 0.547. The number of hydrogen-bond acceptors (Lipinski definition) is 4. The number of para-hydroxylation sites is 1. The molecule has 3 aromatic carbocycles. The van der Waals surface area contributed by atoms with E-state index in [1.807, 2.05) is 6.07 Å². The molecule has 1 fully saturated rings. The van der Waals surface area contributed by atoms with E-state index in [0.29, 0.717) is 42.9 Å². The largest absolute Gasteiger partial charge is 0.381 e. The van der Waals surface area contributed by atoms with E-state index in [1.54, 1.807) is 60.7 Å². The van der Waals surface area contributed by atoms with Gasteiger partial charge in [-0.1, -0.05) is 54.6 Å². The molecule has 0 spiro atoms. The first-order valence-corrected chi connectivity index (χ1v) is 10.6. The minimum atomic E-state index is -0.470. The molecule has 6 heteroatoms. The SMILES string of the molecule is O=C(CNC1(c2ccc(F)cc2)CCOCC1)Nc1ccccc1C(=O)c1ccccc1. The summed E-state index contributed by atoms with van der Waals surface area (Å²) in [4.78, 5) is 25.7. The lowest BCUT2D eigenvalue weighted by atomic mass is 9.82. The molecule has 32 heavy (non-hydrogen) atoms. The zero-order valence-corrected chi connectivity index (χ0v) is 17.6. The fraction of sp³-hybridized carbons (Fsp3) is 0.231. The minimum absolute atomic E-state index is 0.0469. The van der Waals surface area contributed by atoms with E-state index >= 15 is 0 Å². The van der Waals surface area contributed by atoms with Gasteiger partial charge < -0.3 is 10.1 Å². The van der Waals surface area contributed by atoms with E-state index < -0.39 is 5.54 Å². The summed E-state index contributed by atoms with van der Waals surface area (Å²) in [6.07, 6.45) is 1.35. The van der Waals surface area contributed by atoms with Crippen molar-refractivity contribution in [1.29, 1.82) is 0 Å². The molecule has 1 aliphatic heterocycles. The van der Waals surface area contributed by atoms with Crippen molar-refractivity contribution in [2.45, 2.75) is 18.4 Å². The van der Waals surface area contributed by atoms with E-state index in [1.165, 1.54) is 12.1 Å². The van der Waals surface area contributed by atoms with Crippen LogP contribution >= 0.6 is 0 Å². The van der Waals surface area contributed by atoms with Gasteiger partial charge in [0.2, 0.25) is 5.91 Å². The summed E-state index contributed by atoms with van der Waals surface area (Å²) in [6.45, 7) is 1.16. The van der Waals surface area contributed by atoms with Crippen LogP contribution in [0.3, 0.4) is 0 Å². The number of halogens is 1. The Bertz CT molecular complexity index is 1080. The van der Waals surface area contributed by atoms with Crippen molar-refractivity contribution in [2.75, 3.05) is 25.1 Å². The molecule has 0 atom stereocenters. The van der Waals surface area contributed by atoms with Gasteiger partial charge in [0.25, 0.3) is 0 Å². The maximum absolute atomic E-state index is 13.4. The Kier molecular flexibility index (Phi) is 6.73. The van der Waals surface area contributed by atoms with Gasteiger partial charge in [-0.05, 0) is 42.7 Å². The van der Waals surface area contributed by atoms with E-state index in [4.69, 9.17) is 4.74 Å². The molecule has 0 bridgehead atoms. The highest BCUT2D eigenvalue weighted by Gasteiger charge is 2.34. The molecule has 0 saturated carbocycles. The van der Waals surface area contributed by atoms with Gasteiger partial charge in [0.05, 0.1) is 12.2 Å². The maximum atomic E-state index is 13.4. The number of ether oxygens (including phenoxy) is 1. The smallest absolute Gasteiger partial charge is 0.238 e. The minimum Gasteiger partial charge on any atom is -0.381 e. The Balaban J connectivity index is 1.48. The number of carbonyl (C=O) groups is 2. The molecule has 0 aliphatic carbocycles. The molecule has 0 unspecified atom stereocenters. The van der Waals surface area contributed by atoms with Crippen molar-refractivity contribution >= 4 is 17.4 Å². The molecule has 1 amide bonds. The number of ketones is 1. The van der Waals surface area contributed by atoms with Gasteiger partial charge >= 0.3 is 0 Å². The summed E-state index contributed by atoms with van der Waals surface area (Å²) in [7, 11) is 0. The first-order chi connectivity index (χ1) is 15.6. The normalized spacial score (nSPS) is 15.2. The van der Waals surface area contributed by atoms with Gasteiger partial charge in [-0.25, -0.2) is 4.39 Å². The first kappa shape index (κ1) is 21.9. The average Bonchev–Trinajstić information content (AvgIpc) is 2.84. The van der Waals surface area contributed by atoms with Crippen LogP contribution in [0.4, 0.5) is 10.1 Å². The molecular formula is C26H25FN2O3. The van der Waals surface area contributed by atoms with Crippen molar-refractivity contribution in [1.82, 2.24) is 5.32 Å². The van der Waals surface area contributed by atoms with Gasteiger partial charge in [-0.15, -0.1) is 0 Å². The van der Waals surface area contributed by atoms with Crippen LogP contribution in [0.25, 0.3) is 0 Å². The first-order valence-electron chi connectivity index (χ1n) is 10.6. The van der Waals surface area contributed by atoms with Crippen LogP contribution in [-0.4, -0.2) is 31.4 Å². The van der Waals surface area contributed by atoms with E-state index in [0.717, 1.165) is 5.56 Å². The lowest BCUT2D eigenvalue weighted by molar-refractivity contribution is -0.116. The highest BCUT2D eigenvalue weighted by atomic mass is 19.1. The van der Waals surface area contributed by atoms with Gasteiger partial charge in [0.15, 0.2) is 5.78 Å². The molecule has 0 aromatic heterocycles. The van der Waals surface area contributed by atoms with Crippen molar-refractivity contribution < 1.29 is 18.7 Å². The highest BCUT2D eigenvalue weighted by Crippen LogP contribution is 2.32. The summed E-state index contributed by atoms with van der Waals surface area (Å²) in [6, 6.07) is 22.3. The Morgan fingerprint density at radius 1 is 0.875 bits per heavy atom. The van der Waals surface area contributed by atoms with Gasteiger partial charge in [0.1, 0.15) is 5.82 Å². The van der Waals surface area contributed by atoms with Crippen molar-refractivity contribution in [3.63, 3.8) is 0 Å². The Hall–Kier alpha value is -3.35. The second-order valence-corrected chi connectivity index (χ2v) is 7.84. The van der Waals surface area contributed by atoms with Crippen LogP contribution < -0.4 is 10.6 Å². The maximum Gasteiger partial charge on any atom is 0.238 e. The Labute approximate surface area is 186 Å². The lowest BCUT2D eigenvalue weighted by Gasteiger charge is -2.38. The number of carbonyl (C=O) groups excluding carboxylic acids is 2. The summed E-state index contributed by atoms with van der Waals surface area (Å²) < 4.78 is 18.9. The fourth-order valence-electron chi connectivity index (χ4n) is 4.04. The Morgan fingerprint density at radius 3 is 2.25 bits per heavy atom. The molecule has 1 saturated heterocycles. The Morgan fingerprint density at radius 2 is 1.53 bits per heavy atom. The van der Waals surface area contributed by atoms with Crippen molar-refractivity contribution in [2.24, 2.45) is 0 Å². The molecule has 3 aromatic rings. The predicted octanol–water partition coefficient (Wildman–Crippen LogP) is 4.29. The molecule has 1 heterocycles. The van der Waals surface area contributed by atoms with E-state index in [2.05, 4.69) is 10.6 Å². The molecule has 5 nitrogen and oxygen atoms in total. The number of rotatable bonds is 7. The monoisotopic (exact) mass is 432 g/mol. The third-order valence-corrected chi connectivity index (χ3v) is 5.81. The van der Waals surface area contributed by atoms with Crippen LogP contribution in [0, 0.1) is 5.82 Å². The van der Waals surface area contributed by atoms with Crippen LogP contribution in [0.2, 0.25) is 0 Å². The zero-order valence-electron chi connectivity index (χ0n) is 17.6. The van der Waals surface area contributed by atoms with Crippen LogP contribution in [0.5, 0.6) is 0 Å². The lowest BCUT2D eigenvalue weighted by Crippen LogP contribution is -2.49. The molecule has 1 aliphatic rings. The molecule has 2 N–H and O–H groups in total. The summed E-state index contributed by atoms with van der Waals surface area (Å²) in [5.41, 5.74) is 1.92. The topological polar surface area (TPSA) is 67.4 Å². The number of hydrogen-bond donors (Lipinski definition) is 2. The third kappa shape index (κ3) is 4.93. The van der Waals surface area contributed by atoms with Crippen molar-refractivity contribution in [3.05, 3.63) is 101 Å². The average molecular weight is 432 g/mol. The van der Waals surface area contributed by atoms with Crippen LogP contribution in [0.15, 0.2) is 78.9 Å². The second-order valence-electron chi connectivity index (χ2n) is 7.84. The number of amides is 1. The molecule has 4 rings (SSSR count). The second kappa shape index (κ2) is 9.85. The highest BCUT2D eigenvalue weighted by molar-refractivity contribution is 6.13. The van der Waals surface area contributed by atoms with E-state index in [-0.39, 0.29) is 24.1 Å². The molecular weight excluding hydrogens is 407 g/mol. The van der Waals surface area contributed by atoms with Crippen LogP contribution in [0.1, 0.15) is 34.3 Å². The van der Waals surface area contributed by atoms with Crippen molar-refractivity contribution in [3.8, 4) is 0 Å². The van der Waals surface area contributed by atoms with Crippen LogP contribution in [-0.2, 0) is 15.1 Å². The number of anilines is 1. The third-order valence-electron chi connectivity index (χ3n) is 5.81. The fourth-order valence-corrected chi connectivity index (χ4v) is 4.04. The number of benzene rings is 3. The summed E-state index contributed by atoms with van der Waals surface area (Å²) >= 11 is 0. The zero-order chi connectivity index (χ0) is 22.4. The summed E-state index contributed by atoms with van der Waals surface area (Å²) in [5.74, 6) is -0.707. The predicted molar refractivity (Wildman–Crippen MR) is 121 cm³/mol. The molecule has 0 radical (unpaired) electrons. The van der Waals surface area contributed by atoms with Gasteiger partial charge in [-0.2, -0.15) is 0 Å². The van der Waals surface area contributed by atoms with Gasteiger partial charge in [0, 0.05) is 29.9 Å².